The van der Waals surface area contributed by atoms with Crippen LogP contribution in [-0.4, -0.2) is 52.2 Å². The van der Waals surface area contributed by atoms with E-state index in [1.54, 1.807) is 6.20 Å². The van der Waals surface area contributed by atoms with Crippen LogP contribution in [0.25, 0.3) is 11.5 Å². The fourth-order valence-electron chi connectivity index (χ4n) is 3.79. The molecule has 0 aliphatic heterocycles. The Morgan fingerprint density at radius 3 is 2.76 bits per heavy atom. The molecule has 0 radical (unpaired) electrons. The highest BCUT2D eigenvalue weighted by molar-refractivity contribution is 5.90. The molecule has 2 aromatic rings. The van der Waals surface area contributed by atoms with Crippen LogP contribution < -0.4 is 10.6 Å². The largest absolute Gasteiger partial charge is 0.480 e. The number of hydrogen-bond donors (Lipinski definition) is 3. The van der Waals surface area contributed by atoms with Gasteiger partial charge in [-0.2, -0.15) is 0 Å². The highest BCUT2D eigenvalue weighted by atomic mass is 16.4. The Morgan fingerprint density at radius 1 is 1.31 bits per heavy atom. The van der Waals surface area contributed by atoms with E-state index in [1.165, 1.54) is 19.1 Å². The number of carbonyl (C=O) groups excluding carboxylic acids is 1. The number of aromatic nitrogens is 1. The summed E-state index contributed by atoms with van der Waals surface area (Å²) in [4.78, 5) is 29.7. The molecule has 0 atom stereocenters. The number of hydrogen-bond acceptors (Lipinski definition) is 5. The van der Waals surface area contributed by atoms with Gasteiger partial charge in [0.25, 0.3) is 0 Å². The lowest BCUT2D eigenvalue weighted by Gasteiger charge is -2.42. The average molecular weight is 398 g/mol. The monoisotopic (exact) mass is 398 g/mol. The zero-order chi connectivity index (χ0) is 20.4. The second-order valence-electron chi connectivity index (χ2n) is 8.05. The van der Waals surface area contributed by atoms with E-state index in [0.717, 1.165) is 30.5 Å². The van der Waals surface area contributed by atoms with Crippen LogP contribution in [0.1, 0.15) is 31.2 Å². The van der Waals surface area contributed by atoms with E-state index >= 15 is 0 Å². The van der Waals surface area contributed by atoms with Gasteiger partial charge >= 0.3 is 12.0 Å². The van der Waals surface area contributed by atoms with Crippen molar-refractivity contribution in [3.63, 3.8) is 0 Å². The quantitative estimate of drug-likeness (QED) is 0.631. The summed E-state index contributed by atoms with van der Waals surface area (Å²) in [5.74, 6) is 0.368. The van der Waals surface area contributed by atoms with Gasteiger partial charge in [-0.05, 0) is 56.2 Å². The molecule has 2 aliphatic carbocycles. The summed E-state index contributed by atoms with van der Waals surface area (Å²) in [6.45, 7) is 2.89. The van der Waals surface area contributed by atoms with Crippen LogP contribution in [0.5, 0.6) is 0 Å². The van der Waals surface area contributed by atoms with Crippen LogP contribution in [-0.2, 0) is 4.79 Å². The van der Waals surface area contributed by atoms with Crippen molar-refractivity contribution in [2.24, 2.45) is 5.92 Å². The summed E-state index contributed by atoms with van der Waals surface area (Å²) in [7, 11) is 0. The van der Waals surface area contributed by atoms with Crippen molar-refractivity contribution in [1.82, 2.24) is 15.2 Å². The van der Waals surface area contributed by atoms with Crippen molar-refractivity contribution >= 4 is 17.7 Å². The SMILES string of the molecule is Cc1ccc(NC(=O)NC2CC(N(CC(=O)O)CC3CC3)C2)cc1-c1ncco1. The lowest BCUT2D eigenvalue weighted by atomic mass is 9.85. The molecule has 0 spiro atoms. The Hall–Kier alpha value is -2.87. The van der Waals surface area contributed by atoms with Crippen LogP contribution in [0, 0.1) is 12.8 Å². The van der Waals surface area contributed by atoms with Gasteiger partial charge in [-0.15, -0.1) is 0 Å². The van der Waals surface area contributed by atoms with Gasteiger partial charge in [-0.1, -0.05) is 6.07 Å². The second kappa shape index (κ2) is 8.24. The lowest BCUT2D eigenvalue weighted by Crippen LogP contribution is -2.55. The fraction of sp³-hybridized carbons (Fsp3) is 0.476. The summed E-state index contributed by atoms with van der Waals surface area (Å²) in [6, 6.07) is 5.63. The number of benzene rings is 1. The number of carboxylic acid groups (broad SMARTS) is 1. The van der Waals surface area contributed by atoms with E-state index < -0.39 is 5.97 Å². The summed E-state index contributed by atoms with van der Waals surface area (Å²) in [5.41, 5.74) is 2.51. The number of aliphatic carboxylic acids is 1. The van der Waals surface area contributed by atoms with Crippen LogP contribution >= 0.6 is 0 Å². The number of aryl methyl sites for hydroxylation is 1. The zero-order valence-electron chi connectivity index (χ0n) is 16.4. The van der Waals surface area contributed by atoms with E-state index in [1.807, 2.05) is 25.1 Å². The molecular formula is C21H26N4O4. The van der Waals surface area contributed by atoms with Gasteiger partial charge < -0.3 is 20.2 Å². The topological polar surface area (TPSA) is 108 Å². The first-order valence-corrected chi connectivity index (χ1v) is 10.0. The summed E-state index contributed by atoms with van der Waals surface area (Å²) >= 11 is 0. The average Bonchev–Trinajstić information content (AvgIpc) is 3.28. The first-order valence-electron chi connectivity index (χ1n) is 10.0. The van der Waals surface area contributed by atoms with Crippen molar-refractivity contribution < 1.29 is 19.1 Å². The normalized spacial score (nSPS) is 20.9. The first-order chi connectivity index (χ1) is 14.0. The third-order valence-corrected chi connectivity index (χ3v) is 5.65. The number of carbonyl (C=O) groups is 2. The van der Waals surface area contributed by atoms with Crippen molar-refractivity contribution in [2.45, 2.75) is 44.7 Å². The predicted octanol–water partition coefficient (Wildman–Crippen LogP) is 3.10. The Bertz CT molecular complexity index is 873. The molecule has 4 rings (SSSR count). The van der Waals surface area contributed by atoms with Gasteiger partial charge in [0.2, 0.25) is 5.89 Å². The molecule has 1 heterocycles. The number of nitrogens with zero attached hydrogens (tertiary/aromatic N) is 2. The molecule has 2 saturated carbocycles. The molecule has 8 nitrogen and oxygen atoms in total. The molecule has 8 heteroatoms. The minimum absolute atomic E-state index is 0.0622. The highest BCUT2D eigenvalue weighted by Crippen LogP contribution is 2.34. The molecule has 2 fully saturated rings. The molecule has 1 aromatic heterocycles. The molecule has 2 amide bonds. The van der Waals surface area contributed by atoms with E-state index in [2.05, 4.69) is 20.5 Å². The van der Waals surface area contributed by atoms with Crippen molar-refractivity contribution in [2.75, 3.05) is 18.4 Å². The van der Waals surface area contributed by atoms with Gasteiger partial charge in [0.05, 0.1) is 12.7 Å². The van der Waals surface area contributed by atoms with Gasteiger partial charge in [0, 0.05) is 29.9 Å². The van der Waals surface area contributed by atoms with E-state index in [-0.39, 0.29) is 24.7 Å². The van der Waals surface area contributed by atoms with Crippen LogP contribution in [0.4, 0.5) is 10.5 Å². The Kier molecular flexibility index (Phi) is 5.53. The van der Waals surface area contributed by atoms with Crippen molar-refractivity contribution in [3.05, 3.63) is 36.2 Å². The summed E-state index contributed by atoms with van der Waals surface area (Å²) in [5, 5.41) is 15.0. The van der Waals surface area contributed by atoms with Gasteiger partial charge in [0.1, 0.15) is 6.26 Å². The maximum absolute atomic E-state index is 12.4. The van der Waals surface area contributed by atoms with E-state index in [9.17, 15) is 9.59 Å². The summed E-state index contributed by atoms with van der Waals surface area (Å²) < 4.78 is 5.36. The molecule has 2 aliphatic rings. The number of anilines is 1. The maximum Gasteiger partial charge on any atom is 0.319 e. The number of oxazole rings is 1. The van der Waals surface area contributed by atoms with Crippen molar-refractivity contribution in [3.8, 4) is 11.5 Å². The molecule has 1 aromatic carbocycles. The molecule has 29 heavy (non-hydrogen) atoms. The van der Waals surface area contributed by atoms with Gasteiger partial charge in [-0.3, -0.25) is 9.69 Å². The number of rotatable bonds is 8. The van der Waals surface area contributed by atoms with Gasteiger partial charge in [0.15, 0.2) is 0 Å². The van der Waals surface area contributed by atoms with Crippen molar-refractivity contribution in [1.29, 1.82) is 0 Å². The van der Waals surface area contributed by atoms with E-state index in [0.29, 0.717) is 17.5 Å². The first kappa shape index (κ1) is 19.4. The fourth-order valence-corrected chi connectivity index (χ4v) is 3.79. The molecular weight excluding hydrogens is 372 g/mol. The molecule has 0 saturated heterocycles. The zero-order valence-corrected chi connectivity index (χ0v) is 16.4. The Balaban J connectivity index is 1.28. The third-order valence-electron chi connectivity index (χ3n) is 5.65. The molecule has 3 N–H and O–H groups in total. The van der Waals surface area contributed by atoms with Crippen LogP contribution in [0.15, 0.2) is 35.1 Å². The number of carboxylic acids is 1. The predicted molar refractivity (Wildman–Crippen MR) is 108 cm³/mol. The van der Waals surface area contributed by atoms with Gasteiger partial charge in [-0.25, -0.2) is 9.78 Å². The van der Waals surface area contributed by atoms with Crippen LogP contribution in [0.3, 0.4) is 0 Å². The molecule has 0 unspecified atom stereocenters. The number of amides is 2. The number of nitrogens with one attached hydrogen (secondary N) is 2. The highest BCUT2D eigenvalue weighted by Gasteiger charge is 2.37. The molecule has 0 bridgehead atoms. The van der Waals surface area contributed by atoms with E-state index in [4.69, 9.17) is 9.52 Å². The Morgan fingerprint density at radius 2 is 2.10 bits per heavy atom. The molecule has 154 valence electrons. The summed E-state index contributed by atoms with van der Waals surface area (Å²) in [6.07, 6.45) is 7.06. The Labute approximate surface area is 169 Å². The lowest BCUT2D eigenvalue weighted by molar-refractivity contribution is -0.139. The smallest absolute Gasteiger partial charge is 0.319 e. The second-order valence-corrected chi connectivity index (χ2v) is 8.05. The van der Waals surface area contributed by atoms with Crippen LogP contribution in [0.2, 0.25) is 0 Å². The number of urea groups is 1. The third kappa shape index (κ3) is 4.95. The minimum Gasteiger partial charge on any atom is -0.480 e. The standard InChI is InChI=1S/C21H26N4O4/c1-13-2-5-15(10-18(13)20-22-6-7-29-20)23-21(28)24-16-8-17(9-16)25(12-19(26)27)11-14-3-4-14/h2,5-7,10,14,16-17H,3-4,8-9,11-12H2,1H3,(H,26,27)(H2,23,24,28). The maximum atomic E-state index is 12.4. The minimum atomic E-state index is -0.791.